The molecule has 4 aromatic rings. The average molecular weight is 457 g/mol. The van der Waals surface area contributed by atoms with Gasteiger partial charge in [-0.1, -0.05) is 58.4 Å². The van der Waals surface area contributed by atoms with Gasteiger partial charge in [0.05, 0.1) is 29.6 Å². The van der Waals surface area contributed by atoms with Crippen LogP contribution in [0, 0.1) is 0 Å². The van der Waals surface area contributed by atoms with Gasteiger partial charge in [-0.2, -0.15) is 0 Å². The molecule has 1 aliphatic rings. The Morgan fingerprint density at radius 1 is 0.967 bits per heavy atom. The van der Waals surface area contributed by atoms with Gasteiger partial charge in [-0.05, 0) is 47.0 Å². The van der Waals surface area contributed by atoms with Crippen LogP contribution < -0.4 is 5.32 Å². The van der Waals surface area contributed by atoms with Crippen molar-refractivity contribution in [1.29, 1.82) is 0 Å². The number of carbonyl (C=O) groups excluding carboxylic acids is 1. The van der Waals surface area contributed by atoms with E-state index in [1.807, 2.05) is 72.8 Å². The Morgan fingerprint density at radius 3 is 2.47 bits per heavy atom. The third-order valence-electron chi connectivity index (χ3n) is 5.13. The Labute approximate surface area is 182 Å². The maximum atomic E-state index is 12.9. The van der Waals surface area contributed by atoms with Gasteiger partial charge in [0.1, 0.15) is 5.92 Å². The maximum absolute atomic E-state index is 12.9. The van der Waals surface area contributed by atoms with Gasteiger partial charge in [0.2, 0.25) is 5.91 Å². The fraction of sp³-hybridized carbons (Fsp3) is 0.0417. The molecule has 1 aromatic heterocycles. The van der Waals surface area contributed by atoms with Crippen molar-refractivity contribution in [3.05, 3.63) is 101 Å². The fourth-order valence-electron chi connectivity index (χ4n) is 3.66. The summed E-state index contributed by atoms with van der Waals surface area (Å²) in [4.78, 5) is 25.0. The molecular formula is C24H17BrN4O. The number of rotatable bonds is 4. The molecule has 0 fully saturated rings. The van der Waals surface area contributed by atoms with Gasteiger partial charge in [0, 0.05) is 10.2 Å². The standard InChI is InChI=1S/C24H17BrN4O/c25-17-9-5-16(6-10-17)23(22-19-3-1-2-4-20(19)29-24(22)30)28-18-11-7-15(8-12-18)21-13-26-14-27-21/h1-14,22H,(H,26,27)(H,29,30). The summed E-state index contributed by atoms with van der Waals surface area (Å²) < 4.78 is 0.978. The second kappa shape index (κ2) is 7.72. The minimum atomic E-state index is -0.463. The zero-order valence-corrected chi connectivity index (χ0v) is 17.4. The molecule has 146 valence electrons. The maximum Gasteiger partial charge on any atom is 0.238 e. The first kappa shape index (κ1) is 18.5. The summed E-state index contributed by atoms with van der Waals surface area (Å²) >= 11 is 3.48. The van der Waals surface area contributed by atoms with Crippen LogP contribution in [0.15, 0.2) is 94.8 Å². The van der Waals surface area contributed by atoms with Gasteiger partial charge in [0.15, 0.2) is 0 Å². The lowest BCUT2D eigenvalue weighted by molar-refractivity contribution is -0.115. The molecule has 0 spiro atoms. The largest absolute Gasteiger partial charge is 0.345 e. The van der Waals surface area contributed by atoms with E-state index in [0.29, 0.717) is 0 Å². The van der Waals surface area contributed by atoms with Crippen molar-refractivity contribution < 1.29 is 4.79 Å². The summed E-state index contributed by atoms with van der Waals surface area (Å²) in [7, 11) is 0. The lowest BCUT2D eigenvalue weighted by Crippen LogP contribution is -2.22. The number of imidazole rings is 1. The first-order valence-corrected chi connectivity index (χ1v) is 10.3. The van der Waals surface area contributed by atoms with Crippen LogP contribution in [0.25, 0.3) is 11.3 Å². The SMILES string of the molecule is O=C1Nc2ccccc2C1C(=Nc1ccc(-c2cnc[nH]2)cc1)c1ccc(Br)cc1. The lowest BCUT2D eigenvalue weighted by Gasteiger charge is -2.14. The highest BCUT2D eigenvalue weighted by molar-refractivity contribution is 9.10. The van der Waals surface area contributed by atoms with Crippen molar-refractivity contribution in [3.8, 4) is 11.3 Å². The number of benzene rings is 3. The van der Waals surface area contributed by atoms with Gasteiger partial charge in [0.25, 0.3) is 0 Å². The van der Waals surface area contributed by atoms with Crippen molar-refractivity contribution in [2.24, 2.45) is 4.99 Å². The summed E-state index contributed by atoms with van der Waals surface area (Å²) in [5, 5.41) is 2.98. The first-order chi connectivity index (χ1) is 14.7. The van der Waals surface area contributed by atoms with E-state index in [-0.39, 0.29) is 5.91 Å². The molecule has 5 rings (SSSR count). The highest BCUT2D eigenvalue weighted by atomic mass is 79.9. The third-order valence-corrected chi connectivity index (χ3v) is 5.66. The molecule has 3 aromatic carbocycles. The molecule has 0 bridgehead atoms. The molecule has 0 aliphatic carbocycles. The van der Waals surface area contributed by atoms with Crippen molar-refractivity contribution >= 4 is 38.9 Å². The van der Waals surface area contributed by atoms with E-state index < -0.39 is 5.92 Å². The number of halogens is 1. The number of fused-ring (bicyclic) bond motifs is 1. The number of aliphatic imine (C=N–C) groups is 1. The predicted molar refractivity (Wildman–Crippen MR) is 122 cm³/mol. The van der Waals surface area contributed by atoms with Crippen LogP contribution in [0.5, 0.6) is 0 Å². The number of anilines is 1. The van der Waals surface area contributed by atoms with Crippen molar-refractivity contribution in [1.82, 2.24) is 9.97 Å². The number of hydrogen-bond donors (Lipinski definition) is 2. The third kappa shape index (κ3) is 3.46. The number of hydrogen-bond acceptors (Lipinski definition) is 3. The van der Waals surface area contributed by atoms with Crippen molar-refractivity contribution in [2.45, 2.75) is 5.92 Å². The number of para-hydroxylation sites is 1. The molecule has 1 aliphatic heterocycles. The van der Waals surface area contributed by atoms with Gasteiger partial charge in [-0.15, -0.1) is 0 Å². The Hall–Kier alpha value is -3.51. The molecule has 1 atom stereocenters. The number of nitrogens with zero attached hydrogens (tertiary/aromatic N) is 2. The van der Waals surface area contributed by atoms with E-state index in [9.17, 15) is 4.79 Å². The number of amides is 1. The monoisotopic (exact) mass is 456 g/mol. The van der Waals surface area contributed by atoms with Crippen LogP contribution in [0.2, 0.25) is 0 Å². The Balaban J connectivity index is 1.60. The van der Waals surface area contributed by atoms with Gasteiger partial charge >= 0.3 is 0 Å². The smallest absolute Gasteiger partial charge is 0.238 e. The van der Waals surface area contributed by atoms with Crippen LogP contribution in [-0.2, 0) is 4.79 Å². The number of nitrogens with one attached hydrogen (secondary N) is 2. The molecule has 5 nitrogen and oxygen atoms in total. The summed E-state index contributed by atoms with van der Waals surface area (Å²) in [6.45, 7) is 0. The average Bonchev–Trinajstić information content (AvgIpc) is 3.41. The van der Waals surface area contributed by atoms with Gasteiger partial charge < -0.3 is 10.3 Å². The molecular weight excluding hydrogens is 440 g/mol. The van der Waals surface area contributed by atoms with Crippen LogP contribution in [0.3, 0.4) is 0 Å². The van der Waals surface area contributed by atoms with E-state index in [4.69, 9.17) is 4.99 Å². The predicted octanol–water partition coefficient (Wildman–Crippen LogP) is 5.70. The van der Waals surface area contributed by atoms with Crippen LogP contribution in [0.4, 0.5) is 11.4 Å². The summed E-state index contributed by atoms with van der Waals surface area (Å²) in [5.74, 6) is -0.526. The quantitative estimate of drug-likeness (QED) is 0.386. The van der Waals surface area contributed by atoms with Gasteiger partial charge in [-0.3, -0.25) is 9.79 Å². The zero-order valence-electron chi connectivity index (χ0n) is 15.8. The Kier molecular flexibility index (Phi) is 4.77. The zero-order chi connectivity index (χ0) is 20.5. The van der Waals surface area contributed by atoms with Gasteiger partial charge in [-0.25, -0.2) is 4.98 Å². The lowest BCUT2D eigenvalue weighted by atomic mass is 9.90. The van der Waals surface area contributed by atoms with Crippen molar-refractivity contribution in [2.75, 3.05) is 5.32 Å². The number of aromatic amines is 1. The van der Waals surface area contributed by atoms with Crippen LogP contribution in [-0.4, -0.2) is 21.6 Å². The summed E-state index contributed by atoms with van der Waals surface area (Å²) in [6, 6.07) is 23.6. The molecule has 1 unspecified atom stereocenters. The van der Waals surface area contributed by atoms with Crippen LogP contribution in [0.1, 0.15) is 17.0 Å². The number of aromatic nitrogens is 2. The molecule has 1 amide bonds. The second-order valence-electron chi connectivity index (χ2n) is 7.03. The van der Waals surface area contributed by atoms with E-state index in [1.54, 1.807) is 12.5 Å². The molecule has 0 radical (unpaired) electrons. The molecule has 0 saturated carbocycles. The van der Waals surface area contributed by atoms with E-state index >= 15 is 0 Å². The topological polar surface area (TPSA) is 70.1 Å². The highest BCUT2D eigenvalue weighted by Gasteiger charge is 2.35. The Bertz CT molecular complexity index is 1230. The van der Waals surface area contributed by atoms with Crippen molar-refractivity contribution in [3.63, 3.8) is 0 Å². The van der Waals surface area contributed by atoms with E-state index in [2.05, 4.69) is 31.2 Å². The summed E-state index contributed by atoms with van der Waals surface area (Å²) in [6.07, 6.45) is 3.44. The Morgan fingerprint density at radius 2 is 1.73 bits per heavy atom. The highest BCUT2D eigenvalue weighted by Crippen LogP contribution is 2.36. The van der Waals surface area contributed by atoms with E-state index in [1.165, 1.54) is 0 Å². The molecule has 0 saturated heterocycles. The normalized spacial score (nSPS) is 15.7. The molecule has 6 heteroatoms. The molecule has 2 N–H and O–H groups in total. The molecule has 2 heterocycles. The fourth-order valence-corrected chi connectivity index (χ4v) is 3.93. The van der Waals surface area contributed by atoms with E-state index in [0.717, 1.165) is 43.9 Å². The number of H-pyrrole nitrogens is 1. The second-order valence-corrected chi connectivity index (χ2v) is 7.94. The minimum Gasteiger partial charge on any atom is -0.345 e. The molecule has 30 heavy (non-hydrogen) atoms. The van der Waals surface area contributed by atoms with Crippen LogP contribution >= 0.6 is 15.9 Å². The summed E-state index contributed by atoms with van der Waals surface area (Å²) in [5.41, 5.74) is 6.17. The number of carbonyl (C=O) groups is 1. The minimum absolute atomic E-state index is 0.0630. The first-order valence-electron chi connectivity index (χ1n) is 9.52.